The van der Waals surface area contributed by atoms with Crippen LogP contribution in [0, 0.1) is 11.8 Å². The fourth-order valence-corrected chi connectivity index (χ4v) is 2.24. The van der Waals surface area contributed by atoms with Crippen LogP contribution in [0.5, 0.6) is 0 Å². The van der Waals surface area contributed by atoms with E-state index in [9.17, 15) is 0 Å². The predicted octanol–water partition coefficient (Wildman–Crippen LogP) is 2.32. The van der Waals surface area contributed by atoms with Gasteiger partial charge < -0.3 is 10.0 Å². The fraction of sp³-hybridized carbons (Fsp3) is 0.583. The van der Waals surface area contributed by atoms with E-state index >= 15 is 0 Å². The molecule has 1 saturated heterocycles. The van der Waals surface area contributed by atoms with E-state index in [1.54, 1.807) is 0 Å². The topological polar surface area (TPSA) is 36.4 Å². The van der Waals surface area contributed by atoms with Gasteiger partial charge in [0.2, 0.25) is 0 Å². The molecule has 2 rings (SSSR count). The molecule has 1 aromatic rings. The molecule has 88 valence electrons. The molecule has 1 aliphatic heterocycles. The van der Waals surface area contributed by atoms with Gasteiger partial charge in [-0.3, -0.25) is 0 Å². The van der Waals surface area contributed by atoms with Crippen LogP contribution in [0.15, 0.2) is 12.1 Å². The highest BCUT2D eigenvalue weighted by Crippen LogP contribution is 2.27. The van der Waals surface area contributed by atoms with Crippen molar-refractivity contribution in [3.63, 3.8) is 0 Å². The molecule has 0 spiro atoms. The van der Waals surface area contributed by atoms with Crippen LogP contribution in [0.1, 0.15) is 19.5 Å². The average molecular weight is 241 g/mol. The molecule has 0 aliphatic carbocycles. The van der Waals surface area contributed by atoms with Gasteiger partial charge in [0.05, 0.1) is 17.3 Å². The molecule has 4 heteroatoms. The third-order valence-electron chi connectivity index (χ3n) is 3.37. The molecule has 1 fully saturated rings. The largest absolute Gasteiger partial charge is 0.390 e. The molecule has 0 bridgehead atoms. The second kappa shape index (κ2) is 4.60. The smallest absolute Gasteiger partial charge is 0.129 e. The lowest BCUT2D eigenvalue weighted by Gasteiger charge is -2.18. The molecule has 1 N–H and O–H groups in total. The fourth-order valence-electron chi connectivity index (χ4n) is 2.08. The Hall–Kier alpha value is -0.800. The van der Waals surface area contributed by atoms with Crippen molar-refractivity contribution in [3.8, 4) is 0 Å². The molecule has 2 unspecified atom stereocenters. The summed E-state index contributed by atoms with van der Waals surface area (Å²) in [5.74, 6) is 2.30. The Bertz CT molecular complexity index is 373. The molecule has 3 nitrogen and oxygen atoms in total. The van der Waals surface area contributed by atoms with E-state index in [4.69, 9.17) is 16.7 Å². The summed E-state index contributed by atoms with van der Waals surface area (Å²) in [6.07, 6.45) is 0. The quantitative estimate of drug-likeness (QED) is 0.862. The first-order valence-corrected chi connectivity index (χ1v) is 6.01. The van der Waals surface area contributed by atoms with Crippen molar-refractivity contribution in [2.45, 2.75) is 20.5 Å². The summed E-state index contributed by atoms with van der Waals surface area (Å²) in [6, 6.07) is 3.73. The van der Waals surface area contributed by atoms with E-state index in [2.05, 4.69) is 23.7 Å². The molecule has 0 saturated carbocycles. The number of anilines is 1. The molecular weight excluding hydrogens is 224 g/mol. The average Bonchev–Trinajstić information content (AvgIpc) is 2.60. The van der Waals surface area contributed by atoms with Crippen LogP contribution in [-0.2, 0) is 6.61 Å². The van der Waals surface area contributed by atoms with Gasteiger partial charge in [0.1, 0.15) is 5.82 Å². The van der Waals surface area contributed by atoms with E-state index in [-0.39, 0.29) is 6.61 Å². The number of aliphatic hydroxyl groups excluding tert-OH is 1. The van der Waals surface area contributed by atoms with E-state index in [0.717, 1.165) is 18.9 Å². The highest BCUT2D eigenvalue weighted by Gasteiger charge is 2.26. The lowest BCUT2D eigenvalue weighted by Crippen LogP contribution is -2.21. The maximum Gasteiger partial charge on any atom is 0.129 e. The maximum atomic E-state index is 9.12. The minimum atomic E-state index is -0.106. The molecule has 1 aliphatic rings. The number of hydrogen-bond acceptors (Lipinski definition) is 3. The normalized spacial score (nSPS) is 25.1. The number of halogens is 1. The lowest BCUT2D eigenvalue weighted by molar-refractivity contribution is 0.277. The van der Waals surface area contributed by atoms with Crippen molar-refractivity contribution >= 4 is 17.4 Å². The van der Waals surface area contributed by atoms with Gasteiger partial charge in [-0.1, -0.05) is 25.4 Å². The zero-order valence-corrected chi connectivity index (χ0v) is 10.4. The first-order valence-electron chi connectivity index (χ1n) is 5.63. The lowest BCUT2D eigenvalue weighted by atomic mass is 10.0. The molecule has 2 heterocycles. The van der Waals surface area contributed by atoms with Crippen LogP contribution in [0.25, 0.3) is 0 Å². The van der Waals surface area contributed by atoms with E-state index < -0.39 is 0 Å². The summed E-state index contributed by atoms with van der Waals surface area (Å²) in [4.78, 5) is 6.64. The Morgan fingerprint density at radius 3 is 2.56 bits per heavy atom. The highest BCUT2D eigenvalue weighted by atomic mass is 35.5. The number of pyridine rings is 1. The van der Waals surface area contributed by atoms with Crippen molar-refractivity contribution in [1.29, 1.82) is 0 Å². The Morgan fingerprint density at radius 1 is 1.38 bits per heavy atom. The zero-order valence-electron chi connectivity index (χ0n) is 9.65. The molecule has 16 heavy (non-hydrogen) atoms. The van der Waals surface area contributed by atoms with Crippen LogP contribution < -0.4 is 4.90 Å². The summed E-state index contributed by atoms with van der Waals surface area (Å²) in [7, 11) is 0. The second-order valence-electron chi connectivity index (χ2n) is 4.62. The standard InChI is InChI=1S/C12H17ClN2O/c1-8-5-15(6-9(8)2)12-4-3-10(13)11(7-16)14-12/h3-4,8-9,16H,5-7H2,1-2H3. The number of nitrogens with zero attached hydrogens (tertiary/aromatic N) is 2. The van der Waals surface area contributed by atoms with Crippen molar-refractivity contribution in [2.24, 2.45) is 11.8 Å². The molecule has 2 atom stereocenters. The van der Waals surface area contributed by atoms with E-state index in [1.165, 1.54) is 0 Å². The predicted molar refractivity (Wildman–Crippen MR) is 65.7 cm³/mol. The molecule has 1 aromatic heterocycles. The zero-order chi connectivity index (χ0) is 11.7. The molecular formula is C12H17ClN2O. The number of aromatic nitrogens is 1. The van der Waals surface area contributed by atoms with Crippen LogP contribution in [0.4, 0.5) is 5.82 Å². The maximum absolute atomic E-state index is 9.12. The van der Waals surface area contributed by atoms with Gasteiger partial charge in [0.25, 0.3) is 0 Å². The number of aliphatic hydroxyl groups is 1. The summed E-state index contributed by atoms with van der Waals surface area (Å²) < 4.78 is 0. The minimum absolute atomic E-state index is 0.106. The third-order valence-corrected chi connectivity index (χ3v) is 3.71. The second-order valence-corrected chi connectivity index (χ2v) is 5.02. The van der Waals surface area contributed by atoms with E-state index in [0.29, 0.717) is 22.6 Å². The first-order chi connectivity index (χ1) is 7.61. The van der Waals surface area contributed by atoms with Gasteiger partial charge in [-0.25, -0.2) is 4.98 Å². The number of hydrogen-bond donors (Lipinski definition) is 1. The monoisotopic (exact) mass is 240 g/mol. The van der Waals surface area contributed by atoms with Crippen molar-refractivity contribution < 1.29 is 5.11 Å². The van der Waals surface area contributed by atoms with Crippen LogP contribution in [0.2, 0.25) is 5.02 Å². The Kier molecular flexibility index (Phi) is 3.36. The highest BCUT2D eigenvalue weighted by molar-refractivity contribution is 6.31. The van der Waals surface area contributed by atoms with Gasteiger partial charge in [-0.2, -0.15) is 0 Å². The summed E-state index contributed by atoms with van der Waals surface area (Å²) in [5, 5.41) is 9.66. The molecule has 0 radical (unpaired) electrons. The SMILES string of the molecule is CC1CN(c2ccc(Cl)c(CO)n2)CC1C. The summed E-state index contributed by atoms with van der Waals surface area (Å²) in [6.45, 7) is 6.47. The first kappa shape index (κ1) is 11.7. The van der Waals surface area contributed by atoms with Crippen LogP contribution >= 0.6 is 11.6 Å². The van der Waals surface area contributed by atoms with Crippen LogP contribution in [-0.4, -0.2) is 23.2 Å². The van der Waals surface area contributed by atoms with Gasteiger partial charge in [0, 0.05) is 13.1 Å². The number of rotatable bonds is 2. The van der Waals surface area contributed by atoms with Crippen LogP contribution in [0.3, 0.4) is 0 Å². The van der Waals surface area contributed by atoms with Gasteiger partial charge in [-0.15, -0.1) is 0 Å². The van der Waals surface area contributed by atoms with Gasteiger partial charge >= 0.3 is 0 Å². The third kappa shape index (κ3) is 2.15. The molecule has 0 aromatic carbocycles. The molecule has 0 amide bonds. The van der Waals surface area contributed by atoms with Gasteiger partial charge in [0.15, 0.2) is 0 Å². The Balaban J connectivity index is 2.22. The minimum Gasteiger partial charge on any atom is -0.390 e. The summed E-state index contributed by atoms with van der Waals surface area (Å²) >= 11 is 5.92. The van der Waals surface area contributed by atoms with Crippen molar-refractivity contribution in [3.05, 3.63) is 22.8 Å². The Labute approximate surface area is 101 Å². The van der Waals surface area contributed by atoms with Crippen molar-refractivity contribution in [1.82, 2.24) is 4.98 Å². The summed E-state index contributed by atoms with van der Waals surface area (Å²) in [5.41, 5.74) is 0.561. The van der Waals surface area contributed by atoms with Crippen molar-refractivity contribution in [2.75, 3.05) is 18.0 Å². The Morgan fingerprint density at radius 2 is 2.00 bits per heavy atom. The van der Waals surface area contributed by atoms with E-state index in [1.807, 2.05) is 12.1 Å². The van der Waals surface area contributed by atoms with Gasteiger partial charge in [-0.05, 0) is 24.0 Å².